The second-order valence-corrected chi connectivity index (χ2v) is 1.04. The standard InChI is InChI=1S/C4H6N2S/c1-2-3-5-6-4-7/h2,5H,1,3H2. The molecule has 0 heterocycles. The molecule has 0 unspecified atom stereocenters. The van der Waals surface area contributed by atoms with Gasteiger partial charge in [0.25, 0.3) is 0 Å². The minimum atomic E-state index is 0.643. The summed E-state index contributed by atoms with van der Waals surface area (Å²) in [7, 11) is 0. The predicted octanol–water partition coefficient (Wildman–Crippen LogP) is 0.780. The van der Waals surface area contributed by atoms with E-state index in [4.69, 9.17) is 0 Å². The first-order valence-electron chi connectivity index (χ1n) is 1.82. The van der Waals surface area contributed by atoms with Gasteiger partial charge in [0.2, 0.25) is 0 Å². The number of hydrogen-bond donors (Lipinski definition) is 1. The van der Waals surface area contributed by atoms with Crippen LogP contribution < -0.4 is 5.43 Å². The quantitative estimate of drug-likeness (QED) is 0.193. The molecule has 1 N–H and O–H groups in total. The summed E-state index contributed by atoms with van der Waals surface area (Å²) in [6, 6.07) is 0. The molecule has 0 aliphatic rings. The molecule has 0 amide bonds. The van der Waals surface area contributed by atoms with Crippen molar-refractivity contribution in [2.24, 2.45) is 5.10 Å². The molecule has 0 bridgehead atoms. The van der Waals surface area contributed by atoms with Gasteiger partial charge in [-0.2, -0.15) is 0 Å². The zero-order valence-electron chi connectivity index (χ0n) is 3.85. The van der Waals surface area contributed by atoms with Crippen LogP contribution in [0.1, 0.15) is 0 Å². The van der Waals surface area contributed by atoms with Crippen LogP contribution in [0.3, 0.4) is 0 Å². The van der Waals surface area contributed by atoms with Crippen molar-refractivity contribution in [2.75, 3.05) is 6.54 Å². The first-order chi connectivity index (χ1) is 3.41. The largest absolute Gasteiger partial charge is 0.297 e. The smallest absolute Gasteiger partial charge is 0.0844 e. The van der Waals surface area contributed by atoms with Crippen molar-refractivity contribution in [1.82, 2.24) is 5.43 Å². The lowest BCUT2D eigenvalue weighted by Gasteiger charge is -1.83. The predicted molar refractivity (Wildman–Crippen MR) is 33.2 cm³/mol. The van der Waals surface area contributed by atoms with Crippen LogP contribution in [0.2, 0.25) is 0 Å². The average molecular weight is 114 g/mol. The highest BCUT2D eigenvalue weighted by Gasteiger charge is 1.62. The van der Waals surface area contributed by atoms with Crippen LogP contribution in [0.15, 0.2) is 17.8 Å². The molecule has 0 aromatic carbocycles. The fraction of sp³-hybridized carbons (Fsp3) is 0.250. The summed E-state index contributed by atoms with van der Waals surface area (Å²) in [5, 5.41) is 5.56. The second kappa shape index (κ2) is 5.34. The van der Waals surface area contributed by atoms with Gasteiger partial charge >= 0.3 is 0 Å². The zero-order valence-corrected chi connectivity index (χ0v) is 4.66. The van der Waals surface area contributed by atoms with Crippen LogP contribution in [0, 0.1) is 0 Å². The van der Waals surface area contributed by atoms with Gasteiger partial charge in [-0.3, -0.25) is 5.43 Å². The molecule has 0 saturated heterocycles. The highest BCUT2D eigenvalue weighted by molar-refractivity contribution is 7.78. The minimum absolute atomic E-state index is 0.643. The van der Waals surface area contributed by atoms with Crippen LogP contribution >= 0.6 is 12.2 Å². The summed E-state index contributed by atoms with van der Waals surface area (Å²) in [5.41, 5.74) is 2.58. The van der Waals surface area contributed by atoms with Crippen molar-refractivity contribution in [1.29, 1.82) is 0 Å². The first kappa shape index (κ1) is 6.34. The number of thiocarbonyl (C=S) groups is 1. The Hall–Kier alpha value is -0.660. The van der Waals surface area contributed by atoms with Gasteiger partial charge in [-0.15, -0.1) is 11.7 Å². The summed E-state index contributed by atoms with van der Waals surface area (Å²) in [5.74, 6) is 0. The van der Waals surface area contributed by atoms with Crippen molar-refractivity contribution in [3.05, 3.63) is 12.7 Å². The van der Waals surface area contributed by atoms with E-state index in [2.05, 4.69) is 34.5 Å². The highest BCUT2D eigenvalue weighted by atomic mass is 32.1. The van der Waals surface area contributed by atoms with Crippen LogP contribution in [-0.2, 0) is 0 Å². The van der Waals surface area contributed by atoms with E-state index in [0.29, 0.717) is 6.54 Å². The molecule has 3 heteroatoms. The van der Waals surface area contributed by atoms with Gasteiger partial charge in [0, 0.05) is 0 Å². The van der Waals surface area contributed by atoms with Crippen molar-refractivity contribution in [2.45, 2.75) is 0 Å². The van der Waals surface area contributed by atoms with Gasteiger partial charge in [-0.05, 0) is 12.2 Å². The van der Waals surface area contributed by atoms with Crippen molar-refractivity contribution >= 4 is 17.4 Å². The lowest BCUT2D eigenvalue weighted by molar-refractivity contribution is 0.835. The molecule has 38 valence electrons. The third-order valence-electron chi connectivity index (χ3n) is 0.360. The lowest BCUT2D eigenvalue weighted by atomic mass is 10.7. The Kier molecular flexibility index (Phi) is 4.84. The van der Waals surface area contributed by atoms with E-state index in [0.717, 1.165) is 0 Å². The number of hydrazone groups is 1. The highest BCUT2D eigenvalue weighted by Crippen LogP contribution is 1.56. The second-order valence-electron chi connectivity index (χ2n) is 0.854. The number of isothiocyanates is 1. The number of nitrogens with one attached hydrogen (secondary N) is 1. The Morgan fingerprint density at radius 1 is 2.00 bits per heavy atom. The fourth-order valence-corrected chi connectivity index (χ4v) is 0.207. The van der Waals surface area contributed by atoms with Gasteiger partial charge in [0.1, 0.15) is 0 Å². The first-order valence-corrected chi connectivity index (χ1v) is 2.23. The topological polar surface area (TPSA) is 24.4 Å². The maximum absolute atomic E-state index is 4.25. The number of hydrogen-bond acceptors (Lipinski definition) is 3. The SMILES string of the molecule is C=CCNN=C=S. The van der Waals surface area contributed by atoms with E-state index in [1.54, 1.807) is 6.08 Å². The molecular weight excluding hydrogens is 108 g/mol. The summed E-state index contributed by atoms with van der Waals surface area (Å²) in [6.45, 7) is 4.09. The van der Waals surface area contributed by atoms with Crippen LogP contribution in [-0.4, -0.2) is 11.7 Å². The molecule has 0 radical (unpaired) electrons. The molecule has 0 fully saturated rings. The summed E-state index contributed by atoms with van der Waals surface area (Å²) in [6.07, 6.45) is 1.69. The monoisotopic (exact) mass is 114 g/mol. The molecular formula is C4H6N2S. The Morgan fingerprint density at radius 2 is 2.71 bits per heavy atom. The van der Waals surface area contributed by atoms with Crippen molar-refractivity contribution in [3.63, 3.8) is 0 Å². The fourth-order valence-electron chi connectivity index (χ4n) is 0.142. The summed E-state index contributed by atoms with van der Waals surface area (Å²) >= 11 is 4.25. The lowest BCUT2D eigenvalue weighted by Crippen LogP contribution is -2.01. The molecule has 0 aliphatic heterocycles. The van der Waals surface area contributed by atoms with Crippen molar-refractivity contribution < 1.29 is 0 Å². The van der Waals surface area contributed by atoms with E-state index in [1.165, 1.54) is 0 Å². The normalized spacial score (nSPS) is 6.29. The van der Waals surface area contributed by atoms with E-state index in [9.17, 15) is 0 Å². The van der Waals surface area contributed by atoms with Gasteiger partial charge in [0.15, 0.2) is 0 Å². The molecule has 2 nitrogen and oxygen atoms in total. The van der Waals surface area contributed by atoms with Gasteiger partial charge in [0.05, 0.1) is 11.7 Å². The van der Waals surface area contributed by atoms with Crippen LogP contribution in [0.5, 0.6) is 0 Å². The van der Waals surface area contributed by atoms with E-state index in [-0.39, 0.29) is 0 Å². The average Bonchev–Trinajstić information content (AvgIpc) is 1.69. The maximum Gasteiger partial charge on any atom is 0.0844 e. The number of nitrogens with zero attached hydrogens (tertiary/aromatic N) is 1. The Bertz CT molecular complexity index is 93.9. The molecule has 0 aromatic rings. The minimum Gasteiger partial charge on any atom is -0.297 e. The molecule has 0 spiro atoms. The third-order valence-corrected chi connectivity index (χ3v) is 0.452. The maximum atomic E-state index is 4.25. The molecule has 0 saturated carbocycles. The Balaban J connectivity index is 2.97. The third kappa shape index (κ3) is 5.34. The summed E-state index contributed by atoms with van der Waals surface area (Å²) in [4.78, 5) is 0. The van der Waals surface area contributed by atoms with Crippen LogP contribution in [0.25, 0.3) is 0 Å². The van der Waals surface area contributed by atoms with Gasteiger partial charge in [-0.25, -0.2) is 0 Å². The Labute approximate surface area is 47.9 Å². The zero-order chi connectivity index (χ0) is 5.54. The summed E-state index contributed by atoms with van der Waals surface area (Å²) < 4.78 is 0. The van der Waals surface area contributed by atoms with E-state index in [1.807, 2.05) is 0 Å². The van der Waals surface area contributed by atoms with Gasteiger partial charge < -0.3 is 0 Å². The number of rotatable bonds is 3. The molecule has 0 aromatic heterocycles. The van der Waals surface area contributed by atoms with Gasteiger partial charge in [-0.1, -0.05) is 6.08 Å². The molecule has 0 rings (SSSR count). The van der Waals surface area contributed by atoms with Crippen molar-refractivity contribution in [3.8, 4) is 0 Å². The molecule has 0 aliphatic carbocycles. The van der Waals surface area contributed by atoms with E-state index < -0.39 is 0 Å². The van der Waals surface area contributed by atoms with Crippen LogP contribution in [0.4, 0.5) is 0 Å². The van der Waals surface area contributed by atoms with E-state index >= 15 is 0 Å². The molecule has 7 heavy (non-hydrogen) atoms. The molecule has 0 atom stereocenters. The Morgan fingerprint density at radius 3 is 3.14 bits per heavy atom.